The molecule has 0 unspecified atom stereocenters. The van der Waals surface area contributed by atoms with E-state index in [1.54, 1.807) is 36.2 Å². The summed E-state index contributed by atoms with van der Waals surface area (Å²) in [7, 11) is 0. The Hall–Kier alpha value is -1.10. The number of rotatable bonds is 5. The fourth-order valence-corrected chi connectivity index (χ4v) is 1.50. The molecule has 0 aliphatic carbocycles. The third-order valence-corrected chi connectivity index (χ3v) is 2.02. The molecule has 1 aromatic carbocycles. The second-order valence-corrected chi connectivity index (χ2v) is 3.31. The van der Waals surface area contributed by atoms with Crippen LogP contribution in [-0.2, 0) is 0 Å². The van der Waals surface area contributed by atoms with E-state index in [0.29, 0.717) is 17.9 Å². The smallest absolute Gasteiger partial charge is 0.387 e. The van der Waals surface area contributed by atoms with E-state index < -0.39 is 6.61 Å². The van der Waals surface area contributed by atoms with Crippen molar-refractivity contribution in [2.75, 3.05) is 6.61 Å². The van der Waals surface area contributed by atoms with Crippen molar-refractivity contribution in [3.05, 3.63) is 28.7 Å². The maximum absolute atomic E-state index is 12.2. The SMILES string of the molecule is CCOc1cccc(/C=C/Br)c1OC(F)F. The van der Waals surface area contributed by atoms with Crippen molar-refractivity contribution in [2.45, 2.75) is 13.5 Å². The molecule has 0 saturated carbocycles. The molecule has 0 saturated heterocycles. The van der Waals surface area contributed by atoms with Gasteiger partial charge in [-0.1, -0.05) is 28.1 Å². The molecular formula is C11H11BrF2O2. The average Bonchev–Trinajstić information content (AvgIpc) is 2.23. The molecule has 0 amide bonds. The molecule has 2 nitrogen and oxygen atoms in total. The molecule has 0 spiro atoms. The van der Waals surface area contributed by atoms with Gasteiger partial charge in [-0.05, 0) is 24.1 Å². The Morgan fingerprint density at radius 3 is 2.75 bits per heavy atom. The lowest BCUT2D eigenvalue weighted by atomic mass is 10.2. The van der Waals surface area contributed by atoms with Gasteiger partial charge in [-0.3, -0.25) is 0 Å². The van der Waals surface area contributed by atoms with Gasteiger partial charge in [-0.2, -0.15) is 8.78 Å². The number of benzene rings is 1. The first-order valence-corrected chi connectivity index (χ1v) is 5.58. The summed E-state index contributed by atoms with van der Waals surface area (Å²) in [6.07, 6.45) is 1.61. The molecule has 0 aromatic heterocycles. The van der Waals surface area contributed by atoms with Crippen LogP contribution >= 0.6 is 15.9 Å². The van der Waals surface area contributed by atoms with Gasteiger partial charge in [0.1, 0.15) is 0 Å². The Bertz CT molecular complexity index is 367. The number of alkyl halides is 2. The molecular weight excluding hydrogens is 282 g/mol. The molecule has 0 bridgehead atoms. The van der Waals surface area contributed by atoms with E-state index in [1.165, 1.54) is 0 Å². The van der Waals surface area contributed by atoms with Gasteiger partial charge in [0, 0.05) is 5.56 Å². The van der Waals surface area contributed by atoms with Crippen LogP contribution in [0.4, 0.5) is 8.78 Å². The lowest BCUT2D eigenvalue weighted by Gasteiger charge is -2.13. The zero-order valence-electron chi connectivity index (χ0n) is 8.62. The summed E-state index contributed by atoms with van der Waals surface area (Å²) in [5.74, 6) is 0.362. The molecule has 5 heteroatoms. The van der Waals surface area contributed by atoms with Gasteiger partial charge >= 0.3 is 6.61 Å². The molecule has 0 atom stereocenters. The van der Waals surface area contributed by atoms with Gasteiger partial charge in [0.25, 0.3) is 0 Å². The largest absolute Gasteiger partial charge is 0.490 e. The minimum absolute atomic E-state index is 0.0510. The van der Waals surface area contributed by atoms with Crippen LogP contribution in [0.2, 0.25) is 0 Å². The summed E-state index contributed by atoms with van der Waals surface area (Å²) in [6, 6.07) is 4.97. The second kappa shape index (κ2) is 6.48. The highest BCUT2D eigenvalue weighted by molar-refractivity contribution is 9.11. The number of hydrogen-bond acceptors (Lipinski definition) is 2. The topological polar surface area (TPSA) is 18.5 Å². The van der Waals surface area contributed by atoms with Crippen molar-refractivity contribution in [2.24, 2.45) is 0 Å². The zero-order chi connectivity index (χ0) is 12.0. The Labute approximate surface area is 101 Å². The van der Waals surface area contributed by atoms with Crippen LogP contribution in [0, 0.1) is 0 Å². The Morgan fingerprint density at radius 1 is 1.44 bits per heavy atom. The van der Waals surface area contributed by atoms with E-state index in [0.717, 1.165) is 0 Å². The van der Waals surface area contributed by atoms with E-state index in [2.05, 4.69) is 20.7 Å². The van der Waals surface area contributed by atoms with E-state index in [-0.39, 0.29) is 5.75 Å². The lowest BCUT2D eigenvalue weighted by molar-refractivity contribution is -0.0515. The maximum atomic E-state index is 12.2. The number of ether oxygens (including phenoxy) is 2. The van der Waals surface area contributed by atoms with Gasteiger partial charge in [-0.25, -0.2) is 0 Å². The average molecular weight is 293 g/mol. The van der Waals surface area contributed by atoms with Crippen LogP contribution in [0.1, 0.15) is 12.5 Å². The van der Waals surface area contributed by atoms with E-state index in [4.69, 9.17) is 4.74 Å². The van der Waals surface area contributed by atoms with Gasteiger partial charge < -0.3 is 9.47 Å². The second-order valence-electron chi connectivity index (χ2n) is 2.78. The summed E-state index contributed by atoms with van der Waals surface area (Å²) in [5, 5.41) is 0. The lowest BCUT2D eigenvalue weighted by Crippen LogP contribution is -2.05. The van der Waals surface area contributed by atoms with Crippen molar-refractivity contribution < 1.29 is 18.3 Å². The molecule has 88 valence electrons. The van der Waals surface area contributed by atoms with E-state index in [1.807, 2.05) is 0 Å². The fourth-order valence-electron chi connectivity index (χ4n) is 1.22. The van der Waals surface area contributed by atoms with Crippen molar-refractivity contribution in [3.8, 4) is 11.5 Å². The normalized spacial score (nSPS) is 11.1. The van der Waals surface area contributed by atoms with Crippen molar-refractivity contribution in [3.63, 3.8) is 0 Å². The van der Waals surface area contributed by atoms with Crippen molar-refractivity contribution >= 4 is 22.0 Å². The standard InChI is InChI=1S/C11H11BrF2O2/c1-2-15-9-5-3-4-8(6-7-12)10(9)16-11(13)14/h3-7,11H,2H2,1H3/b7-6+. The molecule has 1 aromatic rings. The quantitative estimate of drug-likeness (QED) is 0.815. The number of halogens is 3. The van der Waals surface area contributed by atoms with Crippen LogP contribution in [0.5, 0.6) is 11.5 Å². The summed E-state index contributed by atoms with van der Waals surface area (Å²) in [4.78, 5) is 1.57. The highest BCUT2D eigenvalue weighted by Gasteiger charge is 2.13. The van der Waals surface area contributed by atoms with Crippen LogP contribution in [-0.4, -0.2) is 13.2 Å². The third kappa shape index (κ3) is 3.48. The monoisotopic (exact) mass is 292 g/mol. The minimum Gasteiger partial charge on any atom is -0.490 e. The Balaban J connectivity index is 3.11. The molecule has 0 N–H and O–H groups in total. The molecule has 0 heterocycles. The Kier molecular flexibility index (Phi) is 5.25. The van der Waals surface area contributed by atoms with Crippen LogP contribution in [0.3, 0.4) is 0 Å². The first-order chi connectivity index (χ1) is 7.69. The minimum atomic E-state index is -2.87. The highest BCUT2D eigenvalue weighted by Crippen LogP contribution is 2.33. The van der Waals surface area contributed by atoms with Crippen LogP contribution in [0.15, 0.2) is 23.2 Å². The van der Waals surface area contributed by atoms with Crippen LogP contribution in [0.25, 0.3) is 6.08 Å². The van der Waals surface area contributed by atoms with Crippen LogP contribution < -0.4 is 9.47 Å². The molecule has 1 rings (SSSR count). The van der Waals surface area contributed by atoms with E-state index >= 15 is 0 Å². The summed E-state index contributed by atoms with van der Waals surface area (Å²) in [6.45, 7) is -0.704. The van der Waals surface area contributed by atoms with Gasteiger partial charge in [-0.15, -0.1) is 0 Å². The molecule has 16 heavy (non-hydrogen) atoms. The predicted octanol–water partition coefficient (Wildman–Crippen LogP) is 4.05. The molecule has 0 aliphatic heterocycles. The first kappa shape index (κ1) is 13.0. The summed E-state index contributed by atoms with van der Waals surface area (Å²) < 4.78 is 34.2. The molecule has 0 aliphatic rings. The number of para-hydroxylation sites is 1. The zero-order valence-corrected chi connectivity index (χ0v) is 10.2. The van der Waals surface area contributed by atoms with Crippen molar-refractivity contribution in [1.29, 1.82) is 0 Å². The van der Waals surface area contributed by atoms with Crippen molar-refractivity contribution in [1.82, 2.24) is 0 Å². The molecule has 0 radical (unpaired) electrons. The van der Waals surface area contributed by atoms with Gasteiger partial charge in [0.15, 0.2) is 11.5 Å². The molecule has 0 fully saturated rings. The maximum Gasteiger partial charge on any atom is 0.387 e. The third-order valence-electron chi connectivity index (χ3n) is 1.76. The fraction of sp³-hybridized carbons (Fsp3) is 0.273. The summed E-state index contributed by atoms with van der Waals surface area (Å²) >= 11 is 3.09. The van der Waals surface area contributed by atoms with Gasteiger partial charge in [0.05, 0.1) is 6.61 Å². The predicted molar refractivity (Wildman–Crippen MR) is 62.2 cm³/mol. The Morgan fingerprint density at radius 2 is 2.19 bits per heavy atom. The summed E-state index contributed by atoms with van der Waals surface area (Å²) in [5.41, 5.74) is 0.531. The van der Waals surface area contributed by atoms with E-state index in [9.17, 15) is 8.78 Å². The highest BCUT2D eigenvalue weighted by atomic mass is 79.9. The first-order valence-electron chi connectivity index (χ1n) is 4.66. The number of hydrogen-bond donors (Lipinski definition) is 0. The van der Waals surface area contributed by atoms with Gasteiger partial charge in [0.2, 0.25) is 0 Å².